The molecular formula is C55H51N4OPt-3. The summed E-state index contributed by atoms with van der Waals surface area (Å²) in [5, 5.41) is 2.23. The molecule has 6 heteroatoms. The number of rotatable bonds is 8. The third-order valence-electron chi connectivity index (χ3n) is 11.8. The Morgan fingerprint density at radius 3 is 1.97 bits per heavy atom. The number of hydrogen-bond donors (Lipinski definition) is 0. The molecule has 0 spiro atoms. The van der Waals surface area contributed by atoms with Crippen LogP contribution in [0, 0.1) is 18.8 Å². The Morgan fingerprint density at radius 1 is 0.541 bits per heavy atom. The van der Waals surface area contributed by atoms with Gasteiger partial charge < -0.3 is 19.1 Å². The molecule has 61 heavy (non-hydrogen) atoms. The van der Waals surface area contributed by atoms with Crippen molar-refractivity contribution in [3.63, 3.8) is 0 Å². The van der Waals surface area contributed by atoms with Crippen molar-refractivity contribution in [2.24, 2.45) is 0 Å². The van der Waals surface area contributed by atoms with Crippen molar-refractivity contribution < 1.29 is 25.8 Å². The average molecular weight is 979 g/mol. The molecule has 0 bridgehead atoms. The number of aromatic nitrogens is 2. The molecule has 5 nitrogen and oxygen atoms in total. The van der Waals surface area contributed by atoms with Crippen molar-refractivity contribution in [3.8, 4) is 28.4 Å². The third-order valence-corrected chi connectivity index (χ3v) is 11.8. The van der Waals surface area contributed by atoms with Crippen LogP contribution in [0.5, 0.6) is 11.5 Å². The second-order valence-electron chi connectivity index (χ2n) is 18.4. The molecule has 310 valence electrons. The molecule has 0 saturated heterocycles. The van der Waals surface area contributed by atoms with Crippen molar-refractivity contribution in [1.29, 1.82) is 0 Å². The summed E-state index contributed by atoms with van der Waals surface area (Å²) in [5.74, 6) is 2.07. The molecule has 9 rings (SSSR count). The summed E-state index contributed by atoms with van der Waals surface area (Å²) in [6.07, 6.45) is 6.11. The minimum atomic E-state index is -0.332. The molecule has 0 saturated carbocycles. The number of para-hydroxylation sites is 1. The predicted molar refractivity (Wildman–Crippen MR) is 249 cm³/mol. The first-order valence-corrected chi connectivity index (χ1v) is 20.8. The van der Waals surface area contributed by atoms with Crippen LogP contribution >= 0.6 is 0 Å². The van der Waals surface area contributed by atoms with E-state index in [2.05, 4.69) is 234 Å². The van der Waals surface area contributed by atoms with Gasteiger partial charge in [0, 0.05) is 50.0 Å². The first kappa shape index (κ1) is 41.8. The van der Waals surface area contributed by atoms with E-state index < -0.39 is 0 Å². The number of fused-ring (bicyclic) bond motifs is 3. The van der Waals surface area contributed by atoms with Crippen LogP contribution in [0.1, 0.15) is 77.6 Å². The fourth-order valence-corrected chi connectivity index (χ4v) is 8.04. The van der Waals surface area contributed by atoms with E-state index >= 15 is 0 Å². The number of nitrogens with zero attached hydrogens (tertiary/aromatic N) is 4. The molecule has 0 aliphatic carbocycles. The molecule has 8 aromatic rings. The van der Waals surface area contributed by atoms with E-state index in [-0.39, 0.29) is 37.3 Å². The maximum Gasteiger partial charge on any atom is 0.135 e. The summed E-state index contributed by atoms with van der Waals surface area (Å²) < 4.78 is 9.03. The van der Waals surface area contributed by atoms with Gasteiger partial charge in [-0.25, -0.2) is 4.98 Å². The second kappa shape index (κ2) is 16.2. The van der Waals surface area contributed by atoms with Crippen molar-refractivity contribution >= 4 is 33.2 Å². The molecule has 0 fully saturated rings. The monoisotopic (exact) mass is 978 g/mol. The van der Waals surface area contributed by atoms with Crippen LogP contribution in [0.2, 0.25) is 0 Å². The molecule has 2 aromatic heterocycles. The van der Waals surface area contributed by atoms with Crippen LogP contribution in [0.25, 0.3) is 38.8 Å². The van der Waals surface area contributed by atoms with Crippen molar-refractivity contribution in [1.82, 2.24) is 9.55 Å². The van der Waals surface area contributed by atoms with Gasteiger partial charge in [-0.05, 0) is 92.2 Å². The van der Waals surface area contributed by atoms with E-state index in [0.29, 0.717) is 11.5 Å². The third kappa shape index (κ3) is 8.29. The second-order valence-corrected chi connectivity index (χ2v) is 18.4. The van der Waals surface area contributed by atoms with Gasteiger partial charge in [-0.2, -0.15) is 6.07 Å². The topological polar surface area (TPSA) is 33.5 Å². The van der Waals surface area contributed by atoms with Gasteiger partial charge in [0.1, 0.15) is 5.82 Å². The molecule has 0 atom stereocenters. The number of anilines is 2. The summed E-state index contributed by atoms with van der Waals surface area (Å²) in [6.45, 7) is 20.1. The van der Waals surface area contributed by atoms with Gasteiger partial charge in [0.05, 0.1) is 0 Å². The Bertz CT molecular complexity index is 2880. The van der Waals surface area contributed by atoms with Crippen LogP contribution < -0.4 is 14.5 Å². The molecule has 0 unspecified atom stereocenters. The molecule has 1 aliphatic heterocycles. The van der Waals surface area contributed by atoms with Crippen molar-refractivity contribution in [2.75, 3.05) is 9.80 Å². The largest absolute Gasteiger partial charge is 0.509 e. The van der Waals surface area contributed by atoms with E-state index in [1.807, 2.05) is 12.3 Å². The number of benzene rings is 6. The first-order chi connectivity index (χ1) is 28.7. The quantitative estimate of drug-likeness (QED) is 0.142. The van der Waals surface area contributed by atoms with E-state index in [9.17, 15) is 0 Å². The van der Waals surface area contributed by atoms with E-state index in [0.717, 1.165) is 44.6 Å². The Kier molecular flexibility index (Phi) is 11.1. The fraction of sp³-hybridized carbons (Fsp3) is 0.200. The van der Waals surface area contributed by atoms with Gasteiger partial charge >= 0.3 is 0 Å². The zero-order valence-corrected chi connectivity index (χ0v) is 38.4. The maximum absolute atomic E-state index is 6.83. The normalized spacial score (nSPS) is 13.2. The van der Waals surface area contributed by atoms with E-state index in [1.165, 1.54) is 27.8 Å². The SMILES string of the molecule is CC(C)(C)c1cc(-c2ccccc2)cc(N2C=CN(c3[c-]c(Oc4[c-]c5c(cc4)c4ccccc4n5-c4cc(C(C)(C)C)ccn4)cc(C(C)(C)c4ccccc4)c3)[CH-]2)c1.[Pt]. The van der Waals surface area contributed by atoms with Crippen molar-refractivity contribution in [3.05, 3.63) is 199 Å². The number of ether oxygens (including phenoxy) is 1. The van der Waals surface area contributed by atoms with Crippen LogP contribution in [0.4, 0.5) is 11.4 Å². The molecule has 0 radical (unpaired) electrons. The molecule has 0 N–H and O–H groups in total. The Hall–Kier alpha value is -5.90. The van der Waals surface area contributed by atoms with Crippen LogP contribution in [0.3, 0.4) is 0 Å². The minimum Gasteiger partial charge on any atom is -0.509 e. The van der Waals surface area contributed by atoms with Gasteiger partial charge in [-0.3, -0.25) is 0 Å². The fourth-order valence-electron chi connectivity index (χ4n) is 8.04. The summed E-state index contributed by atoms with van der Waals surface area (Å²) >= 11 is 0. The van der Waals surface area contributed by atoms with Crippen LogP contribution in [0.15, 0.2) is 158 Å². The van der Waals surface area contributed by atoms with E-state index in [1.54, 1.807) is 0 Å². The standard InChI is InChI=1S/C55H51N4O.Pt/c1-53(2,3)41-25-26-56-52(34-41)59-50-22-16-15-21-48(50)49-24-23-46(36-51(49)59)60-47-33-43(55(7,8)40-19-13-10-14-20-40)32-45(35-47)58-28-27-57(37-58)44-30-39(38-17-11-9-12-18-38)29-42(31-44)54(4,5)6;/h9-34,37H,1-8H3;/q-3;. The summed E-state index contributed by atoms with van der Waals surface area (Å²) in [6, 6.07) is 56.7. The Balaban J connectivity index is 0.00000514. The van der Waals surface area contributed by atoms with Gasteiger partial charge in [-0.1, -0.05) is 146 Å². The number of pyridine rings is 1. The van der Waals surface area contributed by atoms with Gasteiger partial charge in [-0.15, -0.1) is 53.6 Å². The van der Waals surface area contributed by atoms with Crippen LogP contribution in [-0.2, 0) is 37.3 Å². The Morgan fingerprint density at radius 2 is 1.23 bits per heavy atom. The molecule has 3 heterocycles. The first-order valence-electron chi connectivity index (χ1n) is 20.8. The smallest absolute Gasteiger partial charge is 0.135 e. The zero-order chi connectivity index (χ0) is 41.8. The molecule has 6 aromatic carbocycles. The van der Waals surface area contributed by atoms with Gasteiger partial charge in [0.2, 0.25) is 0 Å². The average Bonchev–Trinajstić information content (AvgIpc) is 3.87. The van der Waals surface area contributed by atoms with Crippen LogP contribution in [-0.4, -0.2) is 9.55 Å². The predicted octanol–water partition coefficient (Wildman–Crippen LogP) is 14.1. The van der Waals surface area contributed by atoms with E-state index in [4.69, 9.17) is 9.72 Å². The van der Waals surface area contributed by atoms with Crippen molar-refractivity contribution in [2.45, 2.75) is 71.6 Å². The number of hydrogen-bond acceptors (Lipinski definition) is 4. The minimum absolute atomic E-state index is 0. The zero-order valence-electron chi connectivity index (χ0n) is 36.1. The summed E-state index contributed by atoms with van der Waals surface area (Å²) in [4.78, 5) is 9.19. The molecular weight excluding hydrogens is 928 g/mol. The molecule has 1 aliphatic rings. The van der Waals surface area contributed by atoms with Gasteiger partial charge in [0.15, 0.2) is 0 Å². The maximum atomic E-state index is 6.83. The Labute approximate surface area is 375 Å². The summed E-state index contributed by atoms with van der Waals surface area (Å²) in [7, 11) is 0. The molecule has 0 amide bonds. The summed E-state index contributed by atoms with van der Waals surface area (Å²) in [5.41, 5.74) is 10.8. The van der Waals surface area contributed by atoms with Gasteiger partial charge in [0.25, 0.3) is 0 Å².